The van der Waals surface area contributed by atoms with Crippen LogP contribution in [0.25, 0.3) is 0 Å². The minimum Gasteiger partial charge on any atom is -0.481 e. The first kappa shape index (κ1) is 14.2. The first-order chi connectivity index (χ1) is 9.54. The zero-order valence-corrected chi connectivity index (χ0v) is 12.8. The van der Waals surface area contributed by atoms with Gasteiger partial charge in [0.2, 0.25) is 5.91 Å². The second-order valence-electron chi connectivity index (χ2n) is 6.81. The number of hydrogen-bond acceptors (Lipinski definition) is 3. The van der Waals surface area contributed by atoms with Crippen molar-refractivity contribution in [3.63, 3.8) is 0 Å². The first-order valence-electron chi connectivity index (χ1n) is 7.59. The fourth-order valence-corrected chi connectivity index (χ4v) is 5.68. The third kappa shape index (κ3) is 2.69. The van der Waals surface area contributed by atoms with Gasteiger partial charge in [-0.25, -0.2) is 0 Å². The Morgan fingerprint density at radius 2 is 1.60 bits per heavy atom. The number of carboxylic acids is 1. The Morgan fingerprint density at radius 1 is 1.05 bits per heavy atom. The van der Waals surface area contributed by atoms with E-state index in [1.54, 1.807) is 0 Å². The van der Waals surface area contributed by atoms with Gasteiger partial charge in [0.25, 0.3) is 0 Å². The van der Waals surface area contributed by atoms with Crippen molar-refractivity contribution in [1.82, 2.24) is 4.90 Å². The molecule has 4 aliphatic rings. The predicted molar refractivity (Wildman–Crippen MR) is 78.6 cm³/mol. The van der Waals surface area contributed by atoms with Gasteiger partial charge in [-0.3, -0.25) is 9.59 Å². The summed E-state index contributed by atoms with van der Waals surface area (Å²) in [6.45, 7) is 0. The van der Waals surface area contributed by atoms with Gasteiger partial charge in [0.1, 0.15) is 0 Å². The zero-order valence-electron chi connectivity index (χ0n) is 12.0. The molecule has 0 aromatic heterocycles. The van der Waals surface area contributed by atoms with Crippen molar-refractivity contribution in [3.8, 4) is 0 Å². The second-order valence-corrected chi connectivity index (χ2v) is 7.80. The summed E-state index contributed by atoms with van der Waals surface area (Å²) in [6.07, 6.45) is 6.63. The van der Waals surface area contributed by atoms with E-state index in [2.05, 4.69) is 0 Å². The Morgan fingerprint density at radius 3 is 2.10 bits per heavy atom. The van der Waals surface area contributed by atoms with E-state index >= 15 is 0 Å². The van der Waals surface area contributed by atoms with Crippen LogP contribution in [0, 0.1) is 23.7 Å². The molecular weight excluding hydrogens is 274 g/mol. The van der Waals surface area contributed by atoms with E-state index in [1.165, 1.54) is 43.9 Å². The molecule has 4 rings (SSSR count). The molecule has 0 aliphatic heterocycles. The van der Waals surface area contributed by atoms with E-state index in [1.807, 2.05) is 11.9 Å². The maximum atomic E-state index is 12.3. The van der Waals surface area contributed by atoms with Crippen LogP contribution < -0.4 is 0 Å². The molecule has 0 radical (unpaired) electrons. The summed E-state index contributed by atoms with van der Waals surface area (Å²) in [5.41, 5.74) is 0. The van der Waals surface area contributed by atoms with Gasteiger partial charge >= 0.3 is 5.97 Å². The number of rotatable bonds is 5. The zero-order chi connectivity index (χ0) is 14.3. The van der Waals surface area contributed by atoms with E-state index in [-0.39, 0.29) is 11.7 Å². The van der Waals surface area contributed by atoms with Gasteiger partial charge in [-0.15, -0.1) is 11.8 Å². The molecule has 0 aromatic rings. The van der Waals surface area contributed by atoms with Crippen molar-refractivity contribution in [2.24, 2.45) is 23.7 Å². The van der Waals surface area contributed by atoms with Crippen LogP contribution in [-0.2, 0) is 9.59 Å². The lowest BCUT2D eigenvalue weighted by atomic mass is 9.54. The number of aliphatic carboxylic acids is 1. The lowest BCUT2D eigenvalue weighted by molar-refractivity contribution is -0.138. The summed E-state index contributed by atoms with van der Waals surface area (Å²) in [5.74, 6) is 2.80. The van der Waals surface area contributed by atoms with Crippen LogP contribution >= 0.6 is 11.8 Å². The summed E-state index contributed by atoms with van der Waals surface area (Å²) in [5, 5.41) is 8.63. The maximum absolute atomic E-state index is 12.3. The predicted octanol–water partition coefficient (Wildman–Crippen LogP) is 2.09. The molecule has 20 heavy (non-hydrogen) atoms. The molecule has 4 aliphatic carbocycles. The Kier molecular flexibility index (Phi) is 3.98. The van der Waals surface area contributed by atoms with E-state index in [9.17, 15) is 9.59 Å². The Hall–Kier alpha value is -0.710. The van der Waals surface area contributed by atoms with Gasteiger partial charge in [0.15, 0.2) is 0 Å². The largest absolute Gasteiger partial charge is 0.481 e. The number of carboxylic acid groups (broad SMARTS) is 1. The van der Waals surface area contributed by atoms with Crippen molar-refractivity contribution in [3.05, 3.63) is 0 Å². The van der Waals surface area contributed by atoms with Gasteiger partial charge in [-0.1, -0.05) is 0 Å². The van der Waals surface area contributed by atoms with Gasteiger partial charge in [-0.05, 0) is 55.8 Å². The van der Waals surface area contributed by atoms with Gasteiger partial charge in [0.05, 0.1) is 11.5 Å². The summed E-state index contributed by atoms with van der Waals surface area (Å²) in [6, 6.07) is 0.417. The normalized spacial score (nSPS) is 38.0. The molecule has 0 heterocycles. The Labute approximate surface area is 124 Å². The van der Waals surface area contributed by atoms with Crippen molar-refractivity contribution in [1.29, 1.82) is 0 Å². The van der Waals surface area contributed by atoms with Gasteiger partial charge in [0, 0.05) is 13.1 Å². The molecule has 4 saturated carbocycles. The van der Waals surface area contributed by atoms with Crippen molar-refractivity contribution >= 4 is 23.6 Å². The SMILES string of the molecule is CN(C(=O)CSCC(=O)O)C1C2CC3CC(C2)CC1C3. The average Bonchev–Trinajstić information content (AvgIpc) is 2.36. The maximum Gasteiger partial charge on any atom is 0.313 e. The van der Waals surface area contributed by atoms with Crippen LogP contribution in [0.15, 0.2) is 0 Å². The highest BCUT2D eigenvalue weighted by molar-refractivity contribution is 8.00. The topological polar surface area (TPSA) is 57.6 Å². The number of thioether (sulfide) groups is 1. The molecule has 4 fully saturated rings. The molecule has 4 nitrogen and oxygen atoms in total. The number of carbonyl (C=O) groups is 2. The number of hydrogen-bond donors (Lipinski definition) is 1. The van der Waals surface area contributed by atoms with Crippen LogP contribution in [0.2, 0.25) is 0 Å². The third-order valence-corrected chi connectivity index (χ3v) is 6.37. The highest BCUT2D eigenvalue weighted by Gasteiger charge is 2.50. The molecule has 5 heteroatoms. The smallest absolute Gasteiger partial charge is 0.313 e. The highest BCUT2D eigenvalue weighted by Crippen LogP contribution is 2.54. The molecular formula is C15H23NO3S. The monoisotopic (exact) mass is 297 g/mol. The van der Waals surface area contributed by atoms with Crippen molar-refractivity contribution < 1.29 is 14.7 Å². The minimum absolute atomic E-state index is 0.0151. The summed E-state index contributed by atoms with van der Waals surface area (Å²) in [4.78, 5) is 24.7. The summed E-state index contributed by atoms with van der Waals surface area (Å²) in [7, 11) is 1.93. The minimum atomic E-state index is -0.847. The molecule has 0 saturated heterocycles. The van der Waals surface area contributed by atoms with Gasteiger partial charge < -0.3 is 10.0 Å². The third-order valence-electron chi connectivity index (χ3n) is 5.47. The van der Waals surface area contributed by atoms with Crippen LogP contribution in [0.3, 0.4) is 0 Å². The lowest BCUT2D eigenvalue weighted by Gasteiger charge is -2.56. The van der Waals surface area contributed by atoms with Crippen LogP contribution in [0.5, 0.6) is 0 Å². The number of nitrogens with zero attached hydrogens (tertiary/aromatic N) is 1. The van der Waals surface area contributed by atoms with Crippen molar-refractivity contribution in [2.75, 3.05) is 18.6 Å². The molecule has 4 bridgehead atoms. The standard InChI is InChI=1S/C15H23NO3S/c1-16(13(17)7-20-8-14(18)19)15-11-3-9-2-10(5-11)6-12(15)4-9/h9-12,15H,2-8H2,1H3,(H,18,19). The molecule has 112 valence electrons. The molecule has 0 aromatic carbocycles. The number of amides is 1. The highest BCUT2D eigenvalue weighted by atomic mass is 32.2. The van der Waals surface area contributed by atoms with E-state index in [0.29, 0.717) is 23.6 Å². The Bertz CT molecular complexity index is 384. The number of carbonyl (C=O) groups excluding carboxylic acids is 1. The van der Waals surface area contributed by atoms with Crippen LogP contribution in [-0.4, -0.2) is 46.5 Å². The second kappa shape index (κ2) is 5.58. The molecule has 0 atom stereocenters. The van der Waals surface area contributed by atoms with Gasteiger partial charge in [-0.2, -0.15) is 0 Å². The molecule has 1 amide bonds. The fourth-order valence-electron chi connectivity index (χ4n) is 5.02. The quantitative estimate of drug-likeness (QED) is 0.844. The average molecular weight is 297 g/mol. The van der Waals surface area contributed by atoms with Crippen LogP contribution in [0.4, 0.5) is 0 Å². The van der Waals surface area contributed by atoms with E-state index in [4.69, 9.17) is 5.11 Å². The van der Waals surface area contributed by atoms with Crippen LogP contribution in [0.1, 0.15) is 32.1 Å². The Balaban J connectivity index is 1.58. The summed E-state index contributed by atoms with van der Waals surface area (Å²) < 4.78 is 0. The molecule has 0 spiro atoms. The lowest BCUT2D eigenvalue weighted by Crippen LogP contribution is -2.56. The molecule has 0 unspecified atom stereocenters. The fraction of sp³-hybridized carbons (Fsp3) is 0.867. The van der Waals surface area contributed by atoms with Crippen molar-refractivity contribution in [2.45, 2.75) is 38.1 Å². The van der Waals surface area contributed by atoms with E-state index in [0.717, 1.165) is 11.8 Å². The first-order valence-corrected chi connectivity index (χ1v) is 8.75. The van der Waals surface area contributed by atoms with E-state index < -0.39 is 5.97 Å². The molecule has 1 N–H and O–H groups in total. The summed E-state index contributed by atoms with van der Waals surface area (Å²) >= 11 is 1.21.